The minimum absolute atomic E-state index is 0.0455. The molecule has 2 aromatic heterocycles. The van der Waals surface area contributed by atoms with E-state index in [1.165, 1.54) is 23.1 Å². The van der Waals surface area contributed by atoms with E-state index in [9.17, 15) is 4.79 Å². The number of nitrogens with zero attached hydrogens (tertiary/aromatic N) is 1. The molecule has 2 aromatic rings. The van der Waals surface area contributed by atoms with Gasteiger partial charge in [0.1, 0.15) is 5.76 Å². The topological polar surface area (TPSA) is 81.2 Å². The number of furan rings is 1. The first-order valence-corrected chi connectivity index (χ1v) is 7.12. The Balaban J connectivity index is 1.78. The Morgan fingerprint density at radius 1 is 1.72 bits per heavy atom. The van der Waals surface area contributed by atoms with Gasteiger partial charge in [-0.15, -0.1) is 11.8 Å². The zero-order chi connectivity index (χ0) is 13.0. The highest BCUT2D eigenvalue weighted by atomic mass is 32.2. The molecule has 0 aliphatic carbocycles. The number of amides is 1. The quantitative estimate of drug-likeness (QED) is 0.823. The van der Waals surface area contributed by atoms with Crippen LogP contribution in [0.15, 0.2) is 33.2 Å². The van der Waals surface area contributed by atoms with Crippen LogP contribution in [0.5, 0.6) is 0 Å². The van der Waals surface area contributed by atoms with Gasteiger partial charge in [-0.25, -0.2) is 4.98 Å². The number of nitrogens with one attached hydrogen (secondary N) is 1. The zero-order valence-corrected chi connectivity index (χ0v) is 11.4. The fourth-order valence-electron chi connectivity index (χ4n) is 1.37. The second-order valence-electron chi connectivity index (χ2n) is 3.61. The van der Waals surface area contributed by atoms with Gasteiger partial charge in [0.15, 0.2) is 5.13 Å². The SMILES string of the molecule is CC(NC(=O)CSc1cnc(N)s1)c1ccco1. The van der Waals surface area contributed by atoms with E-state index in [-0.39, 0.29) is 11.9 Å². The lowest BCUT2D eigenvalue weighted by Gasteiger charge is -2.10. The van der Waals surface area contributed by atoms with Gasteiger partial charge in [0.05, 0.1) is 28.5 Å². The molecule has 0 saturated heterocycles. The lowest BCUT2D eigenvalue weighted by atomic mass is 10.2. The van der Waals surface area contributed by atoms with E-state index in [2.05, 4.69) is 10.3 Å². The predicted octanol–water partition coefficient (Wildman–Crippen LogP) is 2.29. The van der Waals surface area contributed by atoms with Crippen LogP contribution in [0.4, 0.5) is 5.13 Å². The number of anilines is 1. The van der Waals surface area contributed by atoms with Crippen molar-refractivity contribution in [1.82, 2.24) is 10.3 Å². The molecule has 0 aliphatic rings. The van der Waals surface area contributed by atoms with Crippen molar-refractivity contribution in [2.24, 2.45) is 0 Å². The smallest absolute Gasteiger partial charge is 0.230 e. The molecule has 0 aromatic carbocycles. The van der Waals surface area contributed by atoms with Gasteiger partial charge in [0.2, 0.25) is 5.91 Å². The number of aromatic nitrogens is 1. The number of thiazole rings is 1. The van der Waals surface area contributed by atoms with E-state index < -0.39 is 0 Å². The summed E-state index contributed by atoms with van der Waals surface area (Å²) in [7, 11) is 0. The Bertz CT molecular complexity index is 510. The Kier molecular flexibility index (Phi) is 4.27. The third-order valence-electron chi connectivity index (χ3n) is 2.20. The second-order valence-corrected chi connectivity index (χ2v) is 5.95. The highest BCUT2D eigenvalue weighted by molar-refractivity contribution is 8.01. The van der Waals surface area contributed by atoms with E-state index in [4.69, 9.17) is 10.2 Å². The molecule has 0 spiro atoms. The molecule has 96 valence electrons. The van der Waals surface area contributed by atoms with Crippen LogP contribution in [0.2, 0.25) is 0 Å². The molecule has 0 aliphatic heterocycles. The van der Waals surface area contributed by atoms with Crippen molar-refractivity contribution in [3.63, 3.8) is 0 Å². The summed E-state index contributed by atoms with van der Waals surface area (Å²) < 4.78 is 6.15. The summed E-state index contributed by atoms with van der Waals surface area (Å²) in [6.45, 7) is 1.88. The maximum absolute atomic E-state index is 11.7. The molecule has 0 fully saturated rings. The van der Waals surface area contributed by atoms with Crippen molar-refractivity contribution < 1.29 is 9.21 Å². The Morgan fingerprint density at radius 2 is 2.56 bits per heavy atom. The standard InChI is InChI=1S/C11H13N3O2S2/c1-7(8-3-2-4-16-8)14-9(15)6-17-10-5-13-11(12)18-10/h2-5,7H,6H2,1H3,(H2,12,13)(H,14,15). The average Bonchev–Trinajstić information content (AvgIpc) is 2.97. The van der Waals surface area contributed by atoms with Gasteiger partial charge in [0, 0.05) is 0 Å². The molecule has 0 saturated carbocycles. The molecule has 2 heterocycles. The van der Waals surface area contributed by atoms with Crippen LogP contribution in [0.25, 0.3) is 0 Å². The van der Waals surface area contributed by atoms with Crippen LogP contribution >= 0.6 is 23.1 Å². The number of rotatable bonds is 5. The van der Waals surface area contributed by atoms with Gasteiger partial charge in [-0.05, 0) is 19.1 Å². The molecule has 3 N–H and O–H groups in total. The number of hydrogen-bond acceptors (Lipinski definition) is 6. The van der Waals surface area contributed by atoms with E-state index in [1.54, 1.807) is 18.5 Å². The van der Waals surface area contributed by atoms with Crippen molar-refractivity contribution >= 4 is 34.1 Å². The minimum Gasteiger partial charge on any atom is -0.467 e. The summed E-state index contributed by atoms with van der Waals surface area (Å²) >= 11 is 2.80. The van der Waals surface area contributed by atoms with Gasteiger partial charge < -0.3 is 15.5 Å². The van der Waals surface area contributed by atoms with Crippen LogP contribution in [0.3, 0.4) is 0 Å². The lowest BCUT2D eigenvalue weighted by molar-refractivity contribution is -0.119. The minimum atomic E-state index is -0.125. The van der Waals surface area contributed by atoms with E-state index in [0.717, 1.165) is 9.97 Å². The fraction of sp³-hybridized carbons (Fsp3) is 0.273. The lowest BCUT2D eigenvalue weighted by Crippen LogP contribution is -2.27. The van der Waals surface area contributed by atoms with Crippen molar-refractivity contribution in [2.45, 2.75) is 17.2 Å². The van der Waals surface area contributed by atoms with Crippen molar-refractivity contribution in [3.05, 3.63) is 30.4 Å². The third kappa shape index (κ3) is 3.51. The van der Waals surface area contributed by atoms with Crippen LogP contribution in [-0.2, 0) is 4.79 Å². The molecule has 18 heavy (non-hydrogen) atoms. The number of carbonyl (C=O) groups is 1. The molecular weight excluding hydrogens is 270 g/mol. The fourth-order valence-corrected chi connectivity index (χ4v) is 2.94. The molecule has 7 heteroatoms. The van der Waals surface area contributed by atoms with Crippen molar-refractivity contribution in [2.75, 3.05) is 11.5 Å². The summed E-state index contributed by atoms with van der Waals surface area (Å²) in [5.74, 6) is 1.04. The molecule has 1 unspecified atom stereocenters. The maximum atomic E-state index is 11.7. The summed E-state index contributed by atoms with van der Waals surface area (Å²) in [4.78, 5) is 15.6. The summed E-state index contributed by atoms with van der Waals surface area (Å²) in [5.41, 5.74) is 5.51. The van der Waals surface area contributed by atoms with Crippen molar-refractivity contribution in [1.29, 1.82) is 0 Å². The number of nitrogens with two attached hydrogens (primary N) is 1. The first kappa shape index (κ1) is 13.0. The predicted molar refractivity (Wildman–Crippen MR) is 72.5 cm³/mol. The third-order valence-corrected chi connectivity index (χ3v) is 4.22. The molecule has 0 bridgehead atoms. The normalized spacial score (nSPS) is 12.3. The molecule has 0 radical (unpaired) electrons. The Morgan fingerprint density at radius 3 is 3.17 bits per heavy atom. The largest absolute Gasteiger partial charge is 0.467 e. The number of thioether (sulfide) groups is 1. The van der Waals surface area contributed by atoms with Crippen molar-refractivity contribution in [3.8, 4) is 0 Å². The van der Waals surface area contributed by atoms with Crippen LogP contribution in [-0.4, -0.2) is 16.6 Å². The van der Waals surface area contributed by atoms with E-state index >= 15 is 0 Å². The van der Waals surface area contributed by atoms with Gasteiger partial charge in [-0.2, -0.15) is 0 Å². The Labute approximate surface area is 113 Å². The average molecular weight is 283 g/mol. The monoisotopic (exact) mass is 283 g/mol. The van der Waals surface area contributed by atoms with Crippen LogP contribution in [0, 0.1) is 0 Å². The Hall–Kier alpha value is -1.47. The van der Waals surface area contributed by atoms with E-state index in [1.807, 2.05) is 13.0 Å². The van der Waals surface area contributed by atoms with Gasteiger partial charge in [0.25, 0.3) is 0 Å². The first-order chi connectivity index (χ1) is 8.65. The van der Waals surface area contributed by atoms with Gasteiger partial charge in [-0.3, -0.25) is 4.79 Å². The number of nitrogen functional groups attached to an aromatic ring is 1. The summed E-state index contributed by atoms with van der Waals surface area (Å²) in [5, 5.41) is 3.37. The second kappa shape index (κ2) is 5.92. The molecule has 1 amide bonds. The first-order valence-electron chi connectivity index (χ1n) is 5.32. The molecule has 2 rings (SSSR count). The number of carbonyl (C=O) groups excluding carboxylic acids is 1. The number of hydrogen-bond donors (Lipinski definition) is 2. The molecular formula is C11H13N3O2S2. The van der Waals surface area contributed by atoms with Crippen LogP contribution < -0.4 is 11.1 Å². The zero-order valence-electron chi connectivity index (χ0n) is 9.75. The molecule has 1 atom stereocenters. The summed E-state index contributed by atoms with van der Waals surface area (Å²) in [6.07, 6.45) is 3.26. The van der Waals surface area contributed by atoms with Gasteiger partial charge >= 0.3 is 0 Å². The van der Waals surface area contributed by atoms with Crippen LogP contribution in [0.1, 0.15) is 18.7 Å². The highest BCUT2D eigenvalue weighted by Gasteiger charge is 2.12. The summed E-state index contributed by atoms with van der Waals surface area (Å²) in [6, 6.07) is 3.51. The molecule has 5 nitrogen and oxygen atoms in total. The van der Waals surface area contributed by atoms with E-state index in [0.29, 0.717) is 10.9 Å². The highest BCUT2D eigenvalue weighted by Crippen LogP contribution is 2.26. The maximum Gasteiger partial charge on any atom is 0.230 e. The van der Waals surface area contributed by atoms with Gasteiger partial charge in [-0.1, -0.05) is 11.3 Å².